The summed E-state index contributed by atoms with van der Waals surface area (Å²) in [6.07, 6.45) is 1.98. The van der Waals surface area contributed by atoms with Crippen LogP contribution in [0.5, 0.6) is 0 Å². The summed E-state index contributed by atoms with van der Waals surface area (Å²) in [7, 11) is 1.84. The van der Waals surface area contributed by atoms with Crippen molar-refractivity contribution in [3.63, 3.8) is 0 Å². The number of nitriles is 1. The fourth-order valence-corrected chi connectivity index (χ4v) is 3.59. The highest BCUT2D eigenvalue weighted by atomic mass is 35.5. The Bertz CT molecular complexity index is 842. The number of thioether (sulfide) groups is 1. The first kappa shape index (κ1) is 17.8. The van der Waals surface area contributed by atoms with Gasteiger partial charge in [-0.25, -0.2) is 0 Å². The molecule has 6 nitrogen and oxygen atoms in total. The summed E-state index contributed by atoms with van der Waals surface area (Å²) in [5.74, 6) is 0.906. The molecule has 1 atom stereocenters. The van der Waals surface area contributed by atoms with Crippen molar-refractivity contribution >= 4 is 29.3 Å². The van der Waals surface area contributed by atoms with Crippen LogP contribution in [0.2, 0.25) is 5.02 Å². The molecule has 130 valence electrons. The van der Waals surface area contributed by atoms with Crippen LogP contribution in [0.25, 0.3) is 11.4 Å². The van der Waals surface area contributed by atoms with Gasteiger partial charge in [0.1, 0.15) is 5.54 Å². The first-order valence-electron chi connectivity index (χ1n) is 7.94. The summed E-state index contributed by atoms with van der Waals surface area (Å²) in [5, 5.41) is 21.7. The second-order valence-corrected chi connectivity index (χ2v) is 7.62. The second-order valence-electron chi connectivity index (χ2n) is 6.27. The molecule has 3 rings (SSSR count). The van der Waals surface area contributed by atoms with Crippen LogP contribution in [0.3, 0.4) is 0 Å². The molecule has 8 heteroatoms. The van der Waals surface area contributed by atoms with Gasteiger partial charge in [0.15, 0.2) is 11.0 Å². The molecule has 1 fully saturated rings. The quantitative estimate of drug-likeness (QED) is 0.784. The van der Waals surface area contributed by atoms with Crippen molar-refractivity contribution in [3.8, 4) is 17.5 Å². The molecule has 1 aromatic heterocycles. The highest BCUT2D eigenvalue weighted by Crippen LogP contribution is 2.39. The normalized spacial score (nSPS) is 16.1. The zero-order valence-corrected chi connectivity index (χ0v) is 15.6. The first-order chi connectivity index (χ1) is 11.9. The minimum atomic E-state index is -0.778. The van der Waals surface area contributed by atoms with Gasteiger partial charge in [0.25, 0.3) is 0 Å². The maximum atomic E-state index is 12.2. The molecule has 1 saturated carbocycles. The van der Waals surface area contributed by atoms with Gasteiger partial charge in [-0.1, -0.05) is 35.5 Å². The number of benzene rings is 1. The van der Waals surface area contributed by atoms with Gasteiger partial charge in [0.2, 0.25) is 5.91 Å². The van der Waals surface area contributed by atoms with Crippen molar-refractivity contribution in [1.29, 1.82) is 5.26 Å². The molecule has 0 radical (unpaired) electrons. The van der Waals surface area contributed by atoms with Gasteiger partial charge in [0.05, 0.1) is 16.8 Å². The van der Waals surface area contributed by atoms with E-state index in [9.17, 15) is 10.1 Å². The van der Waals surface area contributed by atoms with Crippen LogP contribution in [0.1, 0.15) is 19.8 Å². The van der Waals surface area contributed by atoms with Gasteiger partial charge < -0.3 is 9.88 Å². The van der Waals surface area contributed by atoms with E-state index >= 15 is 0 Å². The fraction of sp³-hybridized carbons (Fsp3) is 0.412. The van der Waals surface area contributed by atoms with Crippen molar-refractivity contribution in [3.05, 3.63) is 29.3 Å². The largest absolute Gasteiger partial charge is 0.337 e. The summed E-state index contributed by atoms with van der Waals surface area (Å²) in [4.78, 5) is 12.2. The van der Waals surface area contributed by atoms with Crippen LogP contribution in [-0.4, -0.2) is 32.0 Å². The molecular formula is C17H18ClN5OS. The predicted molar refractivity (Wildman–Crippen MR) is 97.1 cm³/mol. The van der Waals surface area contributed by atoms with E-state index in [0.29, 0.717) is 16.0 Å². The molecule has 1 N–H and O–H groups in total. The standard InChI is InChI=1S/C17H18ClN5OS/c1-17(10-19,11-7-8-11)20-14(24)9-25-16-22-21-15(23(16)2)12-5-3-4-6-13(12)18/h3-6,11H,7-9H2,1-2H3,(H,20,24). The Kier molecular flexibility index (Phi) is 5.02. The third-order valence-corrected chi connectivity index (χ3v) is 5.66. The lowest BCUT2D eigenvalue weighted by Gasteiger charge is -2.22. The topological polar surface area (TPSA) is 83.6 Å². The number of nitrogens with one attached hydrogen (secondary N) is 1. The smallest absolute Gasteiger partial charge is 0.231 e. The number of nitrogens with zero attached hydrogens (tertiary/aromatic N) is 4. The molecule has 1 heterocycles. The second kappa shape index (κ2) is 7.06. The van der Waals surface area contributed by atoms with Gasteiger partial charge in [0, 0.05) is 12.6 Å². The van der Waals surface area contributed by atoms with E-state index < -0.39 is 5.54 Å². The van der Waals surface area contributed by atoms with Crippen LogP contribution in [0, 0.1) is 17.2 Å². The van der Waals surface area contributed by atoms with E-state index in [4.69, 9.17) is 11.6 Å². The Morgan fingerprint density at radius 3 is 2.84 bits per heavy atom. The highest BCUT2D eigenvalue weighted by molar-refractivity contribution is 7.99. The SMILES string of the molecule is Cn1c(SCC(=O)NC(C)(C#N)C2CC2)nnc1-c1ccccc1Cl. The van der Waals surface area contributed by atoms with E-state index in [0.717, 1.165) is 18.4 Å². The van der Waals surface area contributed by atoms with Gasteiger partial charge >= 0.3 is 0 Å². The van der Waals surface area contributed by atoms with Crippen molar-refractivity contribution < 1.29 is 4.79 Å². The number of hydrogen-bond acceptors (Lipinski definition) is 5. The van der Waals surface area contributed by atoms with Gasteiger partial charge in [-0.2, -0.15) is 5.26 Å². The predicted octanol–water partition coefficient (Wildman–Crippen LogP) is 3.04. The number of aromatic nitrogens is 3. The van der Waals surface area contributed by atoms with Crippen LogP contribution in [-0.2, 0) is 11.8 Å². The molecule has 0 aliphatic heterocycles. The average molecular weight is 376 g/mol. The lowest BCUT2D eigenvalue weighted by molar-refractivity contribution is -0.119. The van der Waals surface area contributed by atoms with Crippen molar-refractivity contribution in [2.24, 2.45) is 13.0 Å². The fourth-order valence-electron chi connectivity index (χ4n) is 2.66. The van der Waals surface area contributed by atoms with Gasteiger partial charge in [-0.15, -0.1) is 10.2 Å². The maximum absolute atomic E-state index is 12.2. The van der Waals surface area contributed by atoms with E-state index in [1.54, 1.807) is 13.0 Å². The van der Waals surface area contributed by atoms with Crippen LogP contribution >= 0.6 is 23.4 Å². The summed E-state index contributed by atoms with van der Waals surface area (Å²) in [5.41, 5.74) is 0.0153. The summed E-state index contributed by atoms with van der Waals surface area (Å²) in [6.45, 7) is 1.78. The molecule has 2 aromatic rings. The van der Waals surface area contributed by atoms with Crippen molar-refractivity contribution in [1.82, 2.24) is 20.1 Å². The number of rotatable bonds is 6. The molecule has 1 aromatic carbocycles. The Labute approximate surface area is 155 Å². The molecular weight excluding hydrogens is 358 g/mol. The van der Waals surface area contributed by atoms with E-state index in [-0.39, 0.29) is 17.6 Å². The van der Waals surface area contributed by atoms with Gasteiger partial charge in [-0.05, 0) is 37.8 Å². The van der Waals surface area contributed by atoms with Crippen LogP contribution in [0.15, 0.2) is 29.4 Å². The molecule has 1 unspecified atom stereocenters. The third kappa shape index (κ3) is 3.80. The lowest BCUT2D eigenvalue weighted by atomic mass is 9.98. The molecule has 1 amide bonds. The van der Waals surface area contributed by atoms with Crippen LogP contribution in [0.4, 0.5) is 0 Å². The van der Waals surface area contributed by atoms with Crippen molar-refractivity contribution in [2.45, 2.75) is 30.5 Å². The molecule has 0 spiro atoms. The van der Waals surface area contributed by atoms with E-state index in [1.165, 1.54) is 11.8 Å². The lowest BCUT2D eigenvalue weighted by Crippen LogP contribution is -2.47. The van der Waals surface area contributed by atoms with Crippen LogP contribution < -0.4 is 5.32 Å². The molecule has 0 bridgehead atoms. The maximum Gasteiger partial charge on any atom is 0.231 e. The first-order valence-corrected chi connectivity index (χ1v) is 9.30. The number of hydrogen-bond donors (Lipinski definition) is 1. The monoisotopic (exact) mass is 375 g/mol. The Hall–Kier alpha value is -2.04. The van der Waals surface area contributed by atoms with Gasteiger partial charge in [-0.3, -0.25) is 4.79 Å². The Balaban J connectivity index is 1.66. The zero-order valence-electron chi connectivity index (χ0n) is 14.0. The Morgan fingerprint density at radius 2 is 2.20 bits per heavy atom. The molecule has 0 saturated heterocycles. The highest BCUT2D eigenvalue weighted by Gasteiger charge is 2.42. The summed E-state index contributed by atoms with van der Waals surface area (Å²) >= 11 is 7.49. The number of carbonyl (C=O) groups excluding carboxylic acids is 1. The average Bonchev–Trinajstić information content (AvgIpc) is 3.39. The molecule has 1 aliphatic carbocycles. The number of amides is 1. The summed E-state index contributed by atoms with van der Waals surface area (Å²) < 4.78 is 1.81. The summed E-state index contributed by atoms with van der Waals surface area (Å²) in [6, 6.07) is 9.64. The zero-order chi connectivity index (χ0) is 18.0. The number of halogens is 1. The van der Waals surface area contributed by atoms with E-state index in [2.05, 4.69) is 21.6 Å². The minimum absolute atomic E-state index is 0.178. The minimum Gasteiger partial charge on any atom is -0.337 e. The molecule has 25 heavy (non-hydrogen) atoms. The molecule has 1 aliphatic rings. The Morgan fingerprint density at radius 1 is 1.48 bits per heavy atom. The van der Waals surface area contributed by atoms with Crippen molar-refractivity contribution in [2.75, 3.05) is 5.75 Å². The number of carbonyl (C=O) groups is 1. The third-order valence-electron chi connectivity index (χ3n) is 4.31. The van der Waals surface area contributed by atoms with E-state index in [1.807, 2.05) is 29.8 Å².